The number of benzene rings is 1. The second kappa shape index (κ2) is 6.79. The van der Waals surface area contributed by atoms with Crippen LogP contribution in [0.1, 0.15) is 43.6 Å². The highest BCUT2D eigenvalue weighted by molar-refractivity contribution is 6.42. The second-order valence-electron chi connectivity index (χ2n) is 5.24. The van der Waals surface area contributed by atoms with Gasteiger partial charge in [0.1, 0.15) is 0 Å². The molecule has 0 heterocycles. The second-order valence-corrected chi connectivity index (χ2v) is 6.05. The molecule has 1 fully saturated rings. The summed E-state index contributed by atoms with van der Waals surface area (Å²) in [5.74, 6) is 1.34. The minimum absolute atomic E-state index is 0.560. The van der Waals surface area contributed by atoms with Gasteiger partial charge in [-0.1, -0.05) is 48.5 Å². The lowest BCUT2D eigenvalue weighted by Gasteiger charge is -2.30. The van der Waals surface area contributed by atoms with E-state index in [2.05, 4.69) is 11.4 Å². The summed E-state index contributed by atoms with van der Waals surface area (Å²) in [6.07, 6.45) is 6.81. The molecule has 0 saturated heterocycles. The summed E-state index contributed by atoms with van der Waals surface area (Å²) in [5.41, 5.74) is 1.32. The molecule has 1 aliphatic carbocycles. The molecule has 1 aromatic rings. The van der Waals surface area contributed by atoms with E-state index >= 15 is 0 Å². The fourth-order valence-electron chi connectivity index (χ4n) is 3.06. The van der Waals surface area contributed by atoms with Crippen molar-refractivity contribution in [1.82, 2.24) is 5.32 Å². The molecule has 0 radical (unpaired) electrons. The van der Waals surface area contributed by atoms with Crippen LogP contribution in [0.5, 0.6) is 0 Å². The molecule has 1 aromatic carbocycles. The summed E-state index contributed by atoms with van der Waals surface area (Å²) in [4.78, 5) is 0. The Hall–Kier alpha value is -0.240. The zero-order chi connectivity index (χ0) is 13.0. The van der Waals surface area contributed by atoms with E-state index in [1.165, 1.54) is 37.7 Å². The number of rotatable bonds is 4. The van der Waals surface area contributed by atoms with Crippen molar-refractivity contribution in [2.75, 3.05) is 13.6 Å². The number of halogens is 2. The number of likely N-dealkylation sites (N-methyl/N-ethyl adjacent to an activating group) is 1. The van der Waals surface area contributed by atoms with Crippen LogP contribution in [-0.2, 0) is 0 Å². The first-order chi connectivity index (χ1) is 8.72. The Morgan fingerprint density at radius 2 is 1.89 bits per heavy atom. The maximum atomic E-state index is 6.14. The SMILES string of the molecule is CNCC(c1ccc(Cl)c(Cl)c1)C1CCCCC1. The summed E-state index contributed by atoms with van der Waals surface area (Å²) in [5, 5.41) is 4.64. The Kier molecular flexibility index (Phi) is 5.35. The summed E-state index contributed by atoms with van der Waals surface area (Å²) < 4.78 is 0. The lowest BCUT2D eigenvalue weighted by atomic mass is 9.77. The standard InChI is InChI=1S/C15H21Cl2N/c1-18-10-13(11-5-3-2-4-6-11)12-7-8-14(16)15(17)9-12/h7-9,11,13,18H,2-6,10H2,1H3. The van der Waals surface area contributed by atoms with E-state index in [0.717, 1.165) is 12.5 Å². The van der Waals surface area contributed by atoms with Gasteiger partial charge >= 0.3 is 0 Å². The monoisotopic (exact) mass is 285 g/mol. The predicted octanol–water partition coefficient (Wildman–Crippen LogP) is 4.88. The van der Waals surface area contributed by atoms with Crippen LogP contribution in [0.3, 0.4) is 0 Å². The number of hydrogen-bond acceptors (Lipinski definition) is 1. The average Bonchev–Trinajstić information content (AvgIpc) is 2.40. The first-order valence-corrected chi connectivity index (χ1v) is 7.57. The Labute approximate surface area is 120 Å². The fraction of sp³-hybridized carbons (Fsp3) is 0.600. The van der Waals surface area contributed by atoms with Gasteiger partial charge in [0.15, 0.2) is 0 Å². The third-order valence-electron chi connectivity index (χ3n) is 4.01. The fourth-order valence-corrected chi connectivity index (χ4v) is 3.36. The molecule has 0 spiro atoms. The predicted molar refractivity (Wildman–Crippen MR) is 79.7 cm³/mol. The van der Waals surface area contributed by atoms with Crippen molar-refractivity contribution in [2.45, 2.75) is 38.0 Å². The van der Waals surface area contributed by atoms with Crippen LogP contribution >= 0.6 is 23.2 Å². The molecule has 100 valence electrons. The van der Waals surface area contributed by atoms with Gasteiger partial charge in [-0.15, -0.1) is 0 Å². The maximum Gasteiger partial charge on any atom is 0.0595 e. The van der Waals surface area contributed by atoms with E-state index in [0.29, 0.717) is 16.0 Å². The third-order valence-corrected chi connectivity index (χ3v) is 4.75. The first-order valence-electron chi connectivity index (χ1n) is 6.82. The molecular weight excluding hydrogens is 265 g/mol. The molecule has 1 atom stereocenters. The molecule has 0 amide bonds. The van der Waals surface area contributed by atoms with Gasteiger partial charge in [0.25, 0.3) is 0 Å². The van der Waals surface area contributed by atoms with Gasteiger partial charge in [0.2, 0.25) is 0 Å². The van der Waals surface area contributed by atoms with Crippen molar-refractivity contribution in [2.24, 2.45) is 5.92 Å². The Balaban J connectivity index is 2.19. The Morgan fingerprint density at radius 3 is 2.50 bits per heavy atom. The van der Waals surface area contributed by atoms with Crippen LogP contribution in [0.2, 0.25) is 10.0 Å². The van der Waals surface area contributed by atoms with Crippen LogP contribution in [0.25, 0.3) is 0 Å². The molecule has 0 aromatic heterocycles. The van der Waals surface area contributed by atoms with Gasteiger partial charge in [-0.25, -0.2) is 0 Å². The Bertz CT molecular complexity index is 386. The highest BCUT2D eigenvalue weighted by atomic mass is 35.5. The minimum Gasteiger partial charge on any atom is -0.319 e. The minimum atomic E-state index is 0.560. The quantitative estimate of drug-likeness (QED) is 0.832. The normalized spacial score (nSPS) is 18.8. The molecule has 3 heteroatoms. The lowest BCUT2D eigenvalue weighted by molar-refractivity contribution is 0.300. The molecule has 0 bridgehead atoms. The first kappa shape index (κ1) is 14.2. The van der Waals surface area contributed by atoms with E-state index in [9.17, 15) is 0 Å². The van der Waals surface area contributed by atoms with E-state index in [1.807, 2.05) is 19.2 Å². The van der Waals surface area contributed by atoms with Crippen LogP contribution in [0, 0.1) is 5.92 Å². The summed E-state index contributed by atoms with van der Waals surface area (Å²) in [6.45, 7) is 1.02. The highest BCUT2D eigenvalue weighted by Crippen LogP contribution is 2.37. The zero-order valence-electron chi connectivity index (χ0n) is 10.9. The summed E-state index contributed by atoms with van der Waals surface area (Å²) in [6, 6.07) is 6.09. The van der Waals surface area contributed by atoms with Crippen molar-refractivity contribution in [1.29, 1.82) is 0 Å². The number of nitrogens with one attached hydrogen (secondary N) is 1. The van der Waals surface area contributed by atoms with Gasteiger partial charge in [0, 0.05) is 6.54 Å². The van der Waals surface area contributed by atoms with Gasteiger partial charge in [-0.3, -0.25) is 0 Å². The molecule has 1 aliphatic rings. The molecule has 1 saturated carbocycles. The lowest BCUT2D eigenvalue weighted by Crippen LogP contribution is -2.25. The van der Waals surface area contributed by atoms with Crippen LogP contribution in [-0.4, -0.2) is 13.6 Å². The van der Waals surface area contributed by atoms with E-state index in [4.69, 9.17) is 23.2 Å². The van der Waals surface area contributed by atoms with E-state index < -0.39 is 0 Å². The van der Waals surface area contributed by atoms with Crippen molar-refractivity contribution in [3.05, 3.63) is 33.8 Å². The Morgan fingerprint density at radius 1 is 1.17 bits per heavy atom. The van der Waals surface area contributed by atoms with Gasteiger partial charge in [-0.05, 0) is 49.4 Å². The smallest absolute Gasteiger partial charge is 0.0595 e. The van der Waals surface area contributed by atoms with Crippen molar-refractivity contribution < 1.29 is 0 Å². The van der Waals surface area contributed by atoms with Gasteiger partial charge < -0.3 is 5.32 Å². The van der Waals surface area contributed by atoms with Crippen molar-refractivity contribution in [3.63, 3.8) is 0 Å². The van der Waals surface area contributed by atoms with Gasteiger partial charge in [0.05, 0.1) is 10.0 Å². The third kappa shape index (κ3) is 3.40. The highest BCUT2D eigenvalue weighted by Gasteiger charge is 2.24. The van der Waals surface area contributed by atoms with Crippen molar-refractivity contribution >= 4 is 23.2 Å². The summed E-state index contributed by atoms with van der Waals surface area (Å²) >= 11 is 12.1. The maximum absolute atomic E-state index is 6.14. The zero-order valence-corrected chi connectivity index (χ0v) is 12.4. The topological polar surface area (TPSA) is 12.0 Å². The van der Waals surface area contributed by atoms with Crippen molar-refractivity contribution in [3.8, 4) is 0 Å². The molecule has 1 unspecified atom stereocenters. The van der Waals surface area contributed by atoms with Gasteiger partial charge in [-0.2, -0.15) is 0 Å². The molecule has 1 nitrogen and oxygen atoms in total. The van der Waals surface area contributed by atoms with E-state index in [-0.39, 0.29) is 0 Å². The summed E-state index contributed by atoms with van der Waals surface area (Å²) in [7, 11) is 2.02. The molecule has 1 N–H and O–H groups in total. The molecule has 18 heavy (non-hydrogen) atoms. The van der Waals surface area contributed by atoms with Crippen LogP contribution in [0.15, 0.2) is 18.2 Å². The average molecular weight is 286 g/mol. The molecule has 0 aliphatic heterocycles. The number of hydrogen-bond donors (Lipinski definition) is 1. The molecule has 2 rings (SSSR count). The molecular formula is C15H21Cl2N. The largest absolute Gasteiger partial charge is 0.319 e. The van der Waals surface area contributed by atoms with Crippen LogP contribution in [0.4, 0.5) is 0 Å². The van der Waals surface area contributed by atoms with E-state index in [1.54, 1.807) is 0 Å². The van der Waals surface area contributed by atoms with Crippen LogP contribution < -0.4 is 5.32 Å².